The van der Waals surface area contributed by atoms with Crippen LogP contribution in [-0.4, -0.2) is 31.6 Å². The Bertz CT molecular complexity index is 795. The van der Waals surface area contributed by atoms with Gasteiger partial charge in [0.15, 0.2) is 12.6 Å². The first-order chi connectivity index (χ1) is 12.1. The molecule has 1 aliphatic heterocycles. The summed E-state index contributed by atoms with van der Waals surface area (Å²) in [5, 5.41) is 3.07. The van der Waals surface area contributed by atoms with Crippen molar-refractivity contribution in [3.05, 3.63) is 54.1 Å². The zero-order valence-electron chi connectivity index (χ0n) is 14.6. The van der Waals surface area contributed by atoms with E-state index in [9.17, 15) is 4.79 Å². The number of hydrogen-bond donors (Lipinski definition) is 2. The summed E-state index contributed by atoms with van der Waals surface area (Å²) >= 11 is 0. The molecule has 1 amide bonds. The molecule has 7 heteroatoms. The van der Waals surface area contributed by atoms with Crippen LogP contribution < -0.4 is 20.7 Å². The number of para-hydroxylation sites is 2. The van der Waals surface area contributed by atoms with Gasteiger partial charge in [0.1, 0.15) is 5.75 Å². The lowest BCUT2D eigenvalue weighted by molar-refractivity contribution is -0.121. The van der Waals surface area contributed by atoms with Crippen LogP contribution in [0.5, 0.6) is 5.75 Å². The van der Waals surface area contributed by atoms with Crippen molar-refractivity contribution < 1.29 is 9.53 Å². The van der Waals surface area contributed by atoms with Crippen LogP contribution in [0.1, 0.15) is 12.0 Å². The Morgan fingerprint density at radius 3 is 2.88 bits per heavy atom. The molecule has 0 fully saturated rings. The van der Waals surface area contributed by atoms with Crippen LogP contribution in [0.2, 0.25) is 0 Å². The molecule has 2 aromatic rings. The van der Waals surface area contributed by atoms with E-state index in [0.29, 0.717) is 19.0 Å². The number of carbonyl (C=O) groups excluding carboxylic acids is 1. The van der Waals surface area contributed by atoms with E-state index in [1.54, 1.807) is 4.90 Å². The fraction of sp³-hybridized carbons (Fsp3) is 0.263. The first kappa shape index (κ1) is 20.0. The molecule has 0 aliphatic carbocycles. The molecule has 0 saturated carbocycles. The van der Waals surface area contributed by atoms with Crippen LogP contribution in [-0.2, 0) is 4.79 Å². The summed E-state index contributed by atoms with van der Waals surface area (Å²) in [5.74, 6) is 1.08. The quantitative estimate of drug-likeness (QED) is 0.307. The van der Waals surface area contributed by atoms with Crippen LogP contribution in [0.15, 0.2) is 53.5 Å². The maximum absolute atomic E-state index is 12.1. The summed E-state index contributed by atoms with van der Waals surface area (Å²) in [6.45, 7) is 3.23. The standard InChI is InChI=1S/C19H22N4O2.HI/c1-14-6-4-7-15(12-14)22-19(20)21-10-5-11-23-16-8-2-3-9-17(16)25-13-18(23)24;/h2-4,6-9,12H,5,10-11,13H2,1H3,(H3,20,21,22);1H. The van der Waals surface area contributed by atoms with E-state index in [4.69, 9.17) is 10.5 Å². The van der Waals surface area contributed by atoms with Gasteiger partial charge in [-0.25, -0.2) is 0 Å². The number of carbonyl (C=O) groups is 1. The topological polar surface area (TPSA) is 80.0 Å². The molecule has 1 heterocycles. The van der Waals surface area contributed by atoms with Crippen molar-refractivity contribution >= 4 is 47.2 Å². The molecule has 6 nitrogen and oxygen atoms in total. The Morgan fingerprint density at radius 1 is 1.27 bits per heavy atom. The number of nitrogens with zero attached hydrogens (tertiary/aromatic N) is 2. The minimum Gasteiger partial charge on any atom is -0.482 e. The highest BCUT2D eigenvalue weighted by atomic mass is 127. The third-order valence-corrected chi connectivity index (χ3v) is 3.92. The summed E-state index contributed by atoms with van der Waals surface area (Å²) in [4.78, 5) is 18.2. The molecule has 26 heavy (non-hydrogen) atoms. The predicted octanol–water partition coefficient (Wildman–Crippen LogP) is 3.16. The number of nitrogens with two attached hydrogens (primary N) is 1. The highest BCUT2D eigenvalue weighted by Crippen LogP contribution is 2.31. The maximum Gasteiger partial charge on any atom is 0.265 e. The number of nitrogens with one attached hydrogen (secondary N) is 1. The summed E-state index contributed by atoms with van der Waals surface area (Å²) in [5.41, 5.74) is 8.80. The zero-order chi connectivity index (χ0) is 17.6. The monoisotopic (exact) mass is 466 g/mol. The molecular weight excluding hydrogens is 443 g/mol. The molecule has 0 spiro atoms. The van der Waals surface area contributed by atoms with Crippen molar-refractivity contribution in [1.82, 2.24) is 0 Å². The van der Waals surface area contributed by atoms with E-state index < -0.39 is 0 Å². The van der Waals surface area contributed by atoms with Crippen molar-refractivity contribution in [2.75, 3.05) is 29.9 Å². The van der Waals surface area contributed by atoms with E-state index in [1.807, 2.05) is 55.5 Å². The number of rotatable bonds is 5. The van der Waals surface area contributed by atoms with Crippen LogP contribution >= 0.6 is 24.0 Å². The number of amides is 1. The molecule has 0 bridgehead atoms. The Morgan fingerprint density at radius 2 is 2.08 bits per heavy atom. The van der Waals surface area contributed by atoms with Crippen LogP contribution in [0.25, 0.3) is 0 Å². The number of guanidine groups is 1. The average molecular weight is 466 g/mol. The van der Waals surface area contributed by atoms with Crippen molar-refractivity contribution in [3.8, 4) is 5.75 Å². The Labute approximate surface area is 170 Å². The molecule has 0 atom stereocenters. The van der Waals surface area contributed by atoms with Crippen molar-refractivity contribution in [1.29, 1.82) is 0 Å². The number of hydrogen-bond acceptors (Lipinski definition) is 3. The van der Waals surface area contributed by atoms with Gasteiger partial charge in [-0.3, -0.25) is 9.79 Å². The summed E-state index contributed by atoms with van der Waals surface area (Å²) < 4.78 is 5.44. The number of ether oxygens (including phenoxy) is 1. The van der Waals surface area contributed by atoms with Crippen molar-refractivity contribution in [2.45, 2.75) is 13.3 Å². The van der Waals surface area contributed by atoms with E-state index >= 15 is 0 Å². The summed E-state index contributed by atoms with van der Waals surface area (Å²) in [7, 11) is 0. The van der Waals surface area contributed by atoms with Gasteiger partial charge < -0.3 is 20.7 Å². The minimum atomic E-state index is -0.0338. The molecule has 1 aliphatic rings. The maximum atomic E-state index is 12.1. The van der Waals surface area contributed by atoms with Gasteiger partial charge in [-0.05, 0) is 43.2 Å². The molecule has 2 aromatic carbocycles. The smallest absolute Gasteiger partial charge is 0.265 e. The number of benzene rings is 2. The van der Waals surface area contributed by atoms with Gasteiger partial charge in [0.25, 0.3) is 5.91 Å². The molecule has 0 saturated heterocycles. The lowest BCUT2D eigenvalue weighted by Crippen LogP contribution is -2.39. The molecule has 3 rings (SSSR count). The van der Waals surface area contributed by atoms with Gasteiger partial charge in [0, 0.05) is 18.8 Å². The normalized spacial score (nSPS) is 13.5. The second kappa shape index (κ2) is 9.42. The number of anilines is 2. The van der Waals surface area contributed by atoms with Gasteiger partial charge >= 0.3 is 0 Å². The van der Waals surface area contributed by atoms with E-state index in [-0.39, 0.29) is 36.5 Å². The van der Waals surface area contributed by atoms with Crippen LogP contribution in [0, 0.1) is 6.92 Å². The highest BCUT2D eigenvalue weighted by Gasteiger charge is 2.24. The van der Waals surface area contributed by atoms with Gasteiger partial charge in [0.2, 0.25) is 0 Å². The van der Waals surface area contributed by atoms with Crippen molar-refractivity contribution in [3.63, 3.8) is 0 Å². The fourth-order valence-electron chi connectivity index (χ4n) is 2.74. The Hall–Kier alpha value is -2.29. The molecular formula is C19H23IN4O2. The molecule has 3 N–H and O–H groups in total. The van der Waals surface area contributed by atoms with E-state index in [2.05, 4.69) is 10.3 Å². The van der Waals surface area contributed by atoms with Gasteiger partial charge in [-0.1, -0.05) is 24.3 Å². The lowest BCUT2D eigenvalue weighted by atomic mass is 10.2. The highest BCUT2D eigenvalue weighted by molar-refractivity contribution is 14.0. The minimum absolute atomic E-state index is 0. The first-order valence-electron chi connectivity index (χ1n) is 8.29. The Kier molecular flexibility index (Phi) is 7.26. The summed E-state index contributed by atoms with van der Waals surface area (Å²) in [6.07, 6.45) is 0.719. The average Bonchev–Trinajstić information content (AvgIpc) is 2.60. The lowest BCUT2D eigenvalue weighted by Gasteiger charge is -2.29. The fourth-order valence-corrected chi connectivity index (χ4v) is 2.74. The number of fused-ring (bicyclic) bond motifs is 1. The molecule has 0 unspecified atom stereocenters. The second-order valence-electron chi connectivity index (χ2n) is 5.92. The van der Waals surface area contributed by atoms with Crippen molar-refractivity contribution in [2.24, 2.45) is 10.7 Å². The third-order valence-electron chi connectivity index (χ3n) is 3.92. The van der Waals surface area contributed by atoms with Gasteiger partial charge in [0.05, 0.1) is 5.69 Å². The number of halogens is 1. The van der Waals surface area contributed by atoms with Gasteiger partial charge in [-0.15, -0.1) is 24.0 Å². The first-order valence-corrected chi connectivity index (χ1v) is 8.29. The molecule has 138 valence electrons. The van der Waals surface area contributed by atoms with Crippen LogP contribution in [0.4, 0.5) is 11.4 Å². The Balaban J connectivity index is 0.00000243. The van der Waals surface area contributed by atoms with Crippen LogP contribution in [0.3, 0.4) is 0 Å². The molecule has 0 radical (unpaired) electrons. The van der Waals surface area contributed by atoms with Gasteiger partial charge in [-0.2, -0.15) is 0 Å². The second-order valence-corrected chi connectivity index (χ2v) is 5.92. The number of aliphatic imine (C=N–C) groups is 1. The molecule has 0 aromatic heterocycles. The summed E-state index contributed by atoms with van der Waals surface area (Å²) in [6, 6.07) is 15.5. The zero-order valence-corrected chi connectivity index (χ0v) is 17.0. The number of aryl methyl sites for hydroxylation is 1. The van der Waals surface area contributed by atoms with E-state index in [1.165, 1.54) is 0 Å². The largest absolute Gasteiger partial charge is 0.482 e. The van der Waals surface area contributed by atoms with E-state index in [0.717, 1.165) is 29.1 Å². The third kappa shape index (κ3) is 5.10. The predicted molar refractivity (Wildman–Crippen MR) is 116 cm³/mol. The SMILES string of the molecule is Cc1cccc(NC(N)=NCCCN2C(=O)COc3ccccc32)c1.I.